The van der Waals surface area contributed by atoms with Crippen LogP contribution in [0.1, 0.15) is 40.0 Å². The molecule has 3 aliphatic rings. The Labute approximate surface area is 103 Å². The number of hydrogen-bond donors (Lipinski definition) is 2. The zero-order valence-corrected chi connectivity index (χ0v) is 10.9. The quantitative estimate of drug-likeness (QED) is 0.776. The number of carbonyl (C=O) groups excluding carboxylic acids is 1. The minimum absolute atomic E-state index is 0.187. The van der Waals surface area contributed by atoms with Gasteiger partial charge in [-0.15, -0.1) is 0 Å². The lowest BCUT2D eigenvalue weighted by molar-refractivity contribution is -0.0161. The van der Waals surface area contributed by atoms with Crippen LogP contribution in [0.3, 0.4) is 0 Å². The molecule has 1 amide bonds. The monoisotopic (exact) mass is 241 g/mol. The Balaban J connectivity index is 1.84. The molecule has 0 radical (unpaired) electrons. The van der Waals surface area contributed by atoms with E-state index in [9.17, 15) is 9.90 Å². The van der Waals surface area contributed by atoms with Crippen LogP contribution in [0.2, 0.25) is 0 Å². The molecule has 2 N–H and O–H groups in total. The minimum Gasteiger partial charge on any atom is -0.444 e. The van der Waals surface area contributed by atoms with Gasteiger partial charge in [-0.2, -0.15) is 0 Å². The molecule has 0 spiro atoms. The molecule has 3 saturated carbocycles. The van der Waals surface area contributed by atoms with Crippen molar-refractivity contribution in [3.05, 3.63) is 0 Å². The van der Waals surface area contributed by atoms with E-state index in [4.69, 9.17) is 4.74 Å². The summed E-state index contributed by atoms with van der Waals surface area (Å²) in [4.78, 5) is 11.7. The van der Waals surface area contributed by atoms with Crippen molar-refractivity contribution in [3.63, 3.8) is 0 Å². The number of aliphatic hydroxyl groups is 1. The fourth-order valence-electron chi connectivity index (χ4n) is 2.99. The van der Waals surface area contributed by atoms with Crippen LogP contribution in [0.4, 0.5) is 4.79 Å². The van der Waals surface area contributed by atoms with Crippen LogP contribution in [0.5, 0.6) is 0 Å². The highest BCUT2D eigenvalue weighted by molar-refractivity contribution is 5.68. The van der Waals surface area contributed by atoms with E-state index in [1.807, 2.05) is 20.8 Å². The van der Waals surface area contributed by atoms with Crippen molar-refractivity contribution < 1.29 is 14.6 Å². The van der Waals surface area contributed by atoms with E-state index >= 15 is 0 Å². The highest BCUT2D eigenvalue weighted by atomic mass is 16.6. The number of aliphatic hydroxyl groups excluding tert-OH is 1. The number of nitrogens with one attached hydrogen (secondary N) is 1. The van der Waals surface area contributed by atoms with Gasteiger partial charge in [0.25, 0.3) is 0 Å². The molecule has 0 aromatic carbocycles. The molecule has 0 aromatic rings. The first-order valence-electron chi connectivity index (χ1n) is 6.49. The van der Waals surface area contributed by atoms with Gasteiger partial charge in [0.1, 0.15) is 5.60 Å². The summed E-state index contributed by atoms with van der Waals surface area (Å²) in [6.45, 7) is 5.83. The van der Waals surface area contributed by atoms with Crippen molar-refractivity contribution in [1.29, 1.82) is 0 Å². The maximum absolute atomic E-state index is 11.7. The molecule has 17 heavy (non-hydrogen) atoms. The lowest BCUT2D eigenvalue weighted by Gasteiger charge is -2.51. The van der Waals surface area contributed by atoms with E-state index in [1.165, 1.54) is 0 Å². The van der Waals surface area contributed by atoms with Crippen LogP contribution in [0.25, 0.3) is 0 Å². The van der Waals surface area contributed by atoms with Gasteiger partial charge in [-0.3, -0.25) is 0 Å². The molecule has 0 aliphatic heterocycles. The second-order valence-electron chi connectivity index (χ2n) is 6.42. The molecule has 4 nitrogen and oxygen atoms in total. The van der Waals surface area contributed by atoms with E-state index in [1.54, 1.807) is 0 Å². The van der Waals surface area contributed by atoms with Gasteiger partial charge >= 0.3 is 6.09 Å². The first kappa shape index (κ1) is 12.7. The predicted molar refractivity (Wildman–Crippen MR) is 64.6 cm³/mol. The third-order valence-electron chi connectivity index (χ3n) is 3.94. The fourth-order valence-corrected chi connectivity index (χ4v) is 2.99. The van der Waals surface area contributed by atoms with Crippen LogP contribution in [-0.4, -0.2) is 29.4 Å². The highest BCUT2D eigenvalue weighted by Crippen LogP contribution is 2.48. The third kappa shape index (κ3) is 2.92. The molecular weight excluding hydrogens is 218 g/mol. The van der Waals surface area contributed by atoms with Gasteiger partial charge in [-0.05, 0) is 57.8 Å². The summed E-state index contributed by atoms with van der Waals surface area (Å²) in [5.41, 5.74) is -0.447. The summed E-state index contributed by atoms with van der Waals surface area (Å²) >= 11 is 0. The zero-order chi connectivity index (χ0) is 12.6. The number of hydrogen-bond acceptors (Lipinski definition) is 3. The zero-order valence-electron chi connectivity index (χ0n) is 10.9. The smallest absolute Gasteiger partial charge is 0.407 e. The first-order valence-corrected chi connectivity index (χ1v) is 6.49. The van der Waals surface area contributed by atoms with Gasteiger partial charge in [0.2, 0.25) is 0 Å². The Morgan fingerprint density at radius 2 is 1.94 bits per heavy atom. The number of fused-ring (bicyclic) bond motifs is 2. The van der Waals surface area contributed by atoms with Crippen LogP contribution in [0.15, 0.2) is 0 Å². The number of amides is 1. The van der Waals surface area contributed by atoms with Gasteiger partial charge in [0.15, 0.2) is 0 Å². The molecule has 3 aliphatic carbocycles. The summed E-state index contributed by atoms with van der Waals surface area (Å²) in [5.74, 6) is 1.64. The maximum atomic E-state index is 11.7. The van der Waals surface area contributed by atoms with Gasteiger partial charge in [-0.25, -0.2) is 4.79 Å². The molecule has 4 heteroatoms. The third-order valence-corrected chi connectivity index (χ3v) is 3.94. The second kappa shape index (κ2) is 4.48. The molecule has 0 saturated heterocycles. The van der Waals surface area contributed by atoms with Crippen molar-refractivity contribution in [1.82, 2.24) is 5.32 Å². The molecule has 3 rings (SSSR count). The van der Waals surface area contributed by atoms with Crippen molar-refractivity contribution in [3.8, 4) is 0 Å². The Morgan fingerprint density at radius 1 is 1.29 bits per heavy atom. The summed E-state index contributed by atoms with van der Waals surface area (Å²) in [7, 11) is 0. The molecule has 2 atom stereocenters. The molecule has 0 heterocycles. The topological polar surface area (TPSA) is 58.6 Å². The van der Waals surface area contributed by atoms with E-state index in [0.29, 0.717) is 17.8 Å². The van der Waals surface area contributed by atoms with Crippen molar-refractivity contribution in [2.75, 3.05) is 6.61 Å². The Morgan fingerprint density at radius 3 is 2.47 bits per heavy atom. The van der Waals surface area contributed by atoms with Crippen LogP contribution in [-0.2, 0) is 4.74 Å². The van der Waals surface area contributed by atoms with Crippen LogP contribution in [0, 0.1) is 17.8 Å². The first-order chi connectivity index (χ1) is 7.89. The van der Waals surface area contributed by atoms with Gasteiger partial charge in [0.05, 0.1) is 0 Å². The van der Waals surface area contributed by atoms with E-state index in [-0.39, 0.29) is 18.7 Å². The van der Waals surface area contributed by atoms with E-state index in [0.717, 1.165) is 19.3 Å². The number of alkyl carbamates (subject to hydrolysis) is 1. The summed E-state index contributed by atoms with van der Waals surface area (Å²) < 4.78 is 5.26. The normalized spacial score (nSPS) is 36.0. The van der Waals surface area contributed by atoms with Crippen molar-refractivity contribution >= 4 is 6.09 Å². The number of carbonyl (C=O) groups is 1. The molecular formula is C13H23NO3. The Kier molecular flexibility index (Phi) is 3.34. The highest BCUT2D eigenvalue weighted by Gasteiger charge is 2.46. The average molecular weight is 241 g/mol. The van der Waals surface area contributed by atoms with Crippen LogP contribution < -0.4 is 5.32 Å². The Bertz CT molecular complexity index is 292. The molecule has 0 unspecified atom stereocenters. The summed E-state index contributed by atoms with van der Waals surface area (Å²) in [5, 5.41) is 12.2. The molecule has 3 fully saturated rings. The van der Waals surface area contributed by atoms with Gasteiger partial charge in [0, 0.05) is 12.6 Å². The largest absolute Gasteiger partial charge is 0.444 e. The molecule has 98 valence electrons. The van der Waals surface area contributed by atoms with Crippen molar-refractivity contribution in [2.45, 2.75) is 51.7 Å². The lowest BCUT2D eigenvalue weighted by Crippen LogP contribution is -2.54. The lowest BCUT2D eigenvalue weighted by atomic mass is 9.58. The molecule has 0 aromatic heterocycles. The number of ether oxygens (including phenoxy) is 1. The Hall–Kier alpha value is -0.770. The minimum atomic E-state index is -0.447. The SMILES string of the molecule is CC(C)(C)OC(=O)N[C@@H]1C[C@H](CO)C2CC1C2. The van der Waals surface area contributed by atoms with Crippen molar-refractivity contribution in [2.24, 2.45) is 17.8 Å². The van der Waals surface area contributed by atoms with E-state index in [2.05, 4.69) is 5.32 Å². The van der Waals surface area contributed by atoms with E-state index < -0.39 is 5.60 Å². The average Bonchev–Trinajstić information content (AvgIpc) is 2.11. The second-order valence-corrected chi connectivity index (χ2v) is 6.42. The molecule has 2 bridgehead atoms. The van der Waals surface area contributed by atoms with Crippen LogP contribution >= 0.6 is 0 Å². The van der Waals surface area contributed by atoms with Gasteiger partial charge in [-0.1, -0.05) is 0 Å². The van der Waals surface area contributed by atoms with Gasteiger partial charge < -0.3 is 15.2 Å². The number of rotatable bonds is 2. The fraction of sp³-hybridized carbons (Fsp3) is 0.923. The maximum Gasteiger partial charge on any atom is 0.407 e. The predicted octanol–water partition coefficient (Wildman–Crippen LogP) is 1.92. The standard InChI is InChI=1S/C13H23NO3/c1-13(2,3)17-12(16)14-11-6-10(7-15)8-4-9(11)5-8/h8-11,15H,4-7H2,1-3H3,(H,14,16)/t8?,9?,10-,11-/m1/s1. The summed E-state index contributed by atoms with van der Waals surface area (Å²) in [6.07, 6.45) is 2.85. The summed E-state index contributed by atoms with van der Waals surface area (Å²) in [6, 6.07) is 0.187.